The summed E-state index contributed by atoms with van der Waals surface area (Å²) in [5.41, 5.74) is 5.20. The minimum atomic E-state index is -4.16. The number of carbonyl (C=O) groups is 3. The fourth-order valence-corrected chi connectivity index (χ4v) is 8.79. The van der Waals surface area contributed by atoms with E-state index in [1.54, 1.807) is 0 Å². The van der Waals surface area contributed by atoms with Crippen LogP contribution >= 0.6 is 0 Å². The molecule has 13 nitrogen and oxygen atoms in total. The molecule has 2 aromatic carbocycles. The van der Waals surface area contributed by atoms with Gasteiger partial charge in [-0.15, -0.1) is 5.06 Å². The molecule has 1 unspecified atom stereocenters. The maximum absolute atomic E-state index is 12.4. The fourth-order valence-electron chi connectivity index (χ4n) is 7.80. The Morgan fingerprint density at radius 1 is 0.818 bits per heavy atom. The molecule has 3 aliphatic rings. The maximum atomic E-state index is 12.4. The van der Waals surface area contributed by atoms with Crippen LogP contribution in [0, 0.1) is 0 Å². The molecule has 0 aliphatic carbocycles. The van der Waals surface area contributed by atoms with E-state index in [0.717, 1.165) is 40.3 Å². The fraction of sp³-hybridized carbons (Fsp3) is 0.450. The van der Waals surface area contributed by atoms with Crippen LogP contribution < -0.4 is 4.90 Å². The molecule has 55 heavy (non-hydrogen) atoms. The van der Waals surface area contributed by atoms with Crippen molar-refractivity contribution in [1.82, 2.24) is 5.06 Å². The first-order valence-corrected chi connectivity index (χ1v) is 21.8. The number of hydroxylamine groups is 2. The summed E-state index contributed by atoms with van der Waals surface area (Å²) < 4.78 is 67.1. The summed E-state index contributed by atoms with van der Waals surface area (Å²) in [5.74, 6) is -2.38. The summed E-state index contributed by atoms with van der Waals surface area (Å²) in [6.07, 6.45) is 13.0. The van der Waals surface area contributed by atoms with E-state index in [9.17, 15) is 40.3 Å². The largest absolute Gasteiger partial charge is 0.344 e. The summed E-state index contributed by atoms with van der Waals surface area (Å²) in [6.45, 7) is 7.13. The van der Waals surface area contributed by atoms with Gasteiger partial charge in [-0.25, -0.2) is 4.79 Å². The quantitative estimate of drug-likeness (QED) is 0.0599. The highest BCUT2D eigenvalue weighted by Gasteiger charge is 2.44. The molecule has 0 aromatic heterocycles. The molecule has 15 heteroatoms. The van der Waals surface area contributed by atoms with Gasteiger partial charge in [-0.2, -0.15) is 21.4 Å². The highest BCUT2D eigenvalue weighted by Crippen LogP contribution is 2.50. The number of hydrogen-bond acceptors (Lipinski definition) is 9. The van der Waals surface area contributed by atoms with Gasteiger partial charge in [0.25, 0.3) is 32.1 Å². The number of hydrogen-bond donors (Lipinski definition) is 2. The van der Waals surface area contributed by atoms with Gasteiger partial charge >= 0.3 is 5.97 Å². The molecule has 296 valence electrons. The van der Waals surface area contributed by atoms with Crippen molar-refractivity contribution in [3.63, 3.8) is 0 Å². The lowest BCUT2D eigenvalue weighted by molar-refractivity contribution is -0.437. The van der Waals surface area contributed by atoms with Gasteiger partial charge in [-0.1, -0.05) is 67.5 Å². The van der Waals surface area contributed by atoms with Crippen LogP contribution in [0.2, 0.25) is 0 Å². The van der Waals surface area contributed by atoms with Gasteiger partial charge in [-0.05, 0) is 57.7 Å². The third-order valence-electron chi connectivity index (χ3n) is 10.5. The van der Waals surface area contributed by atoms with Crippen molar-refractivity contribution < 1.29 is 49.7 Å². The van der Waals surface area contributed by atoms with Gasteiger partial charge in [0.05, 0.1) is 16.9 Å². The number of fused-ring (bicyclic) bond motifs is 2. The second-order valence-corrected chi connectivity index (χ2v) is 18.0. The van der Waals surface area contributed by atoms with Crippen molar-refractivity contribution in [3.05, 3.63) is 95.7 Å². The lowest BCUT2D eigenvalue weighted by atomic mass is 9.77. The normalized spacial score (nSPS) is 20.4. The summed E-state index contributed by atoms with van der Waals surface area (Å²) in [7, 11) is -8.25. The SMILES string of the molecule is CC1(C)C(/C=C/C=C/C=C2\N(CCCS(=O)(=O)O)c3ccccc3C2(C)CCCCCC(=O)ON2C(=O)CCC2=O)=[N+](CCCS(=O)(=O)O)c2ccccc21. The number of benzene rings is 2. The number of anilines is 1. The number of rotatable bonds is 18. The minimum absolute atomic E-state index is 0.0351. The van der Waals surface area contributed by atoms with E-state index in [2.05, 4.69) is 42.4 Å². The second-order valence-electron chi connectivity index (χ2n) is 14.9. The Kier molecular flexibility index (Phi) is 13.0. The third kappa shape index (κ3) is 10.1. The van der Waals surface area contributed by atoms with E-state index < -0.39 is 43.4 Å². The van der Waals surface area contributed by atoms with Crippen LogP contribution in [0.4, 0.5) is 11.4 Å². The lowest BCUT2D eigenvalue weighted by Gasteiger charge is -2.30. The highest BCUT2D eigenvalue weighted by atomic mass is 32.2. The van der Waals surface area contributed by atoms with Gasteiger partial charge in [0.2, 0.25) is 5.69 Å². The lowest BCUT2D eigenvalue weighted by Crippen LogP contribution is -2.32. The Balaban J connectivity index is 1.36. The molecule has 1 atom stereocenters. The third-order valence-corrected chi connectivity index (χ3v) is 12.1. The standard InChI is InChI=1S/C40H49N3O10S2/c1-39(2)30-16-9-11-18-32(30)41(26-14-28-54(47,48)49)34(39)20-6-4-7-21-35-40(3,25-13-5-8-22-38(46)53-43-36(44)23-24-37(43)45)31-17-10-12-19-33(31)42(35)27-15-29-55(50,51)52/h4,6-7,9-12,16-21H,5,8,13-15,22-29H2,1-3H3,(H-,47,48,49,50,51,52)/p+1. The average molecular weight is 797 g/mol. The number of carbonyl (C=O) groups excluding carboxylic acids is 3. The molecule has 2 amide bonds. The number of imide groups is 1. The molecule has 1 fully saturated rings. The average Bonchev–Trinajstić information content (AvgIpc) is 3.63. The Labute approximate surface area is 323 Å². The molecule has 0 radical (unpaired) electrons. The van der Waals surface area contributed by atoms with E-state index in [4.69, 9.17) is 4.84 Å². The van der Waals surface area contributed by atoms with Gasteiger partial charge in [0.15, 0.2) is 5.71 Å². The van der Waals surface area contributed by atoms with Crippen LogP contribution in [0.1, 0.15) is 89.7 Å². The van der Waals surface area contributed by atoms with Crippen LogP contribution in [0.5, 0.6) is 0 Å². The van der Waals surface area contributed by atoms with Crippen molar-refractivity contribution >= 4 is 55.1 Å². The molecule has 2 aromatic rings. The zero-order valence-corrected chi connectivity index (χ0v) is 33.1. The van der Waals surface area contributed by atoms with Gasteiger partial charge in [-0.3, -0.25) is 18.7 Å². The Morgan fingerprint density at radius 3 is 2.15 bits per heavy atom. The molecule has 5 rings (SSSR count). The number of amides is 2. The summed E-state index contributed by atoms with van der Waals surface area (Å²) >= 11 is 0. The van der Waals surface area contributed by atoms with Crippen molar-refractivity contribution in [1.29, 1.82) is 0 Å². The predicted molar refractivity (Wildman–Crippen MR) is 209 cm³/mol. The molecule has 1 saturated heterocycles. The molecule has 3 heterocycles. The van der Waals surface area contributed by atoms with E-state index >= 15 is 0 Å². The van der Waals surface area contributed by atoms with Crippen LogP contribution in [0.3, 0.4) is 0 Å². The molecule has 0 saturated carbocycles. The van der Waals surface area contributed by atoms with E-state index in [1.807, 2.05) is 66.8 Å². The monoisotopic (exact) mass is 796 g/mol. The first-order chi connectivity index (χ1) is 25.9. The van der Waals surface area contributed by atoms with Crippen LogP contribution in [0.15, 0.2) is 84.6 Å². The number of para-hydroxylation sites is 2. The van der Waals surface area contributed by atoms with Gasteiger partial charge < -0.3 is 9.74 Å². The first-order valence-electron chi connectivity index (χ1n) is 18.6. The summed E-state index contributed by atoms with van der Waals surface area (Å²) in [6, 6.07) is 15.9. The van der Waals surface area contributed by atoms with Gasteiger partial charge in [0, 0.05) is 66.7 Å². The molecular weight excluding hydrogens is 747 g/mol. The van der Waals surface area contributed by atoms with Gasteiger partial charge in [0.1, 0.15) is 6.54 Å². The topological polar surface area (TPSA) is 179 Å². The molecule has 0 spiro atoms. The first kappa shape index (κ1) is 41.7. The summed E-state index contributed by atoms with van der Waals surface area (Å²) in [4.78, 5) is 43.1. The molecule has 2 N–H and O–H groups in total. The number of nitrogens with zero attached hydrogens (tertiary/aromatic N) is 3. The van der Waals surface area contributed by atoms with Crippen molar-refractivity contribution in [3.8, 4) is 0 Å². The highest BCUT2D eigenvalue weighted by molar-refractivity contribution is 7.86. The van der Waals surface area contributed by atoms with E-state index in [1.165, 1.54) is 0 Å². The Morgan fingerprint density at radius 2 is 1.45 bits per heavy atom. The van der Waals surface area contributed by atoms with E-state index in [-0.39, 0.29) is 49.0 Å². The minimum Gasteiger partial charge on any atom is -0.344 e. The Hall–Kier alpha value is -4.44. The van der Waals surface area contributed by atoms with Crippen molar-refractivity contribution in [2.45, 2.75) is 89.4 Å². The number of unbranched alkanes of at least 4 members (excludes halogenated alkanes) is 2. The molecular formula is C40H50N3O10S2+. The second kappa shape index (κ2) is 17.1. The molecule has 3 aliphatic heterocycles. The zero-order chi connectivity index (χ0) is 40.0. The van der Waals surface area contributed by atoms with Crippen LogP contribution in [0.25, 0.3) is 0 Å². The Bertz CT molecular complexity index is 2140. The maximum Gasteiger partial charge on any atom is 0.333 e. The molecule has 0 bridgehead atoms. The van der Waals surface area contributed by atoms with Crippen LogP contribution in [-0.4, -0.2) is 83.7 Å². The van der Waals surface area contributed by atoms with Crippen molar-refractivity contribution in [2.75, 3.05) is 29.5 Å². The van der Waals surface area contributed by atoms with Crippen molar-refractivity contribution in [2.24, 2.45) is 0 Å². The predicted octanol–water partition coefficient (Wildman–Crippen LogP) is 5.95. The van der Waals surface area contributed by atoms with E-state index in [0.29, 0.717) is 37.4 Å². The summed E-state index contributed by atoms with van der Waals surface area (Å²) in [5, 5.41) is 0.561. The smallest absolute Gasteiger partial charge is 0.333 e. The zero-order valence-electron chi connectivity index (χ0n) is 31.5. The number of allylic oxidation sites excluding steroid dienone is 6. The van der Waals surface area contributed by atoms with Crippen LogP contribution in [-0.2, 0) is 50.3 Å².